The minimum Gasteiger partial charge on any atom is -0.378 e. The van der Waals surface area contributed by atoms with E-state index in [9.17, 15) is 0 Å². The lowest BCUT2D eigenvalue weighted by atomic mass is 10.4. The van der Waals surface area contributed by atoms with Crippen molar-refractivity contribution < 1.29 is 9.47 Å². The number of nitrogens with zero attached hydrogens (tertiary/aromatic N) is 5. The SMILES string of the molecule is NNc1cc(N2CCOCC2)n2nc(N3CCOCC3)cc2n1. The number of aromatic nitrogens is 3. The highest BCUT2D eigenvalue weighted by Crippen LogP contribution is 2.24. The highest BCUT2D eigenvalue weighted by molar-refractivity contribution is 5.62. The van der Waals surface area contributed by atoms with Gasteiger partial charge in [-0.05, 0) is 0 Å². The van der Waals surface area contributed by atoms with Gasteiger partial charge in [0.15, 0.2) is 11.5 Å². The van der Waals surface area contributed by atoms with Gasteiger partial charge < -0.3 is 24.7 Å². The summed E-state index contributed by atoms with van der Waals surface area (Å²) in [6.07, 6.45) is 0. The van der Waals surface area contributed by atoms with E-state index in [0.717, 1.165) is 56.7 Å². The van der Waals surface area contributed by atoms with E-state index in [0.29, 0.717) is 19.0 Å². The molecule has 2 aromatic rings. The van der Waals surface area contributed by atoms with Crippen molar-refractivity contribution in [2.75, 3.05) is 67.8 Å². The maximum absolute atomic E-state index is 5.58. The molecular weight excluding hydrogens is 298 g/mol. The molecule has 3 N–H and O–H groups in total. The third-order valence-corrected chi connectivity index (χ3v) is 4.21. The molecule has 0 spiro atoms. The van der Waals surface area contributed by atoms with Gasteiger partial charge in [-0.25, -0.2) is 10.8 Å². The van der Waals surface area contributed by atoms with Crippen LogP contribution in [0.3, 0.4) is 0 Å². The fraction of sp³-hybridized carbons (Fsp3) is 0.571. The standard InChI is InChI=1S/C14H21N7O2/c15-17-11-9-14(20-3-7-23-8-4-20)21-12(16-11)10-13(18-21)19-1-5-22-6-2-19/h9-10H,1-8,15H2,(H,16,17). The number of morpholine rings is 2. The van der Waals surface area contributed by atoms with E-state index >= 15 is 0 Å². The lowest BCUT2D eigenvalue weighted by Crippen LogP contribution is -2.38. The third-order valence-electron chi connectivity index (χ3n) is 4.21. The summed E-state index contributed by atoms with van der Waals surface area (Å²) in [6.45, 7) is 6.24. The minimum atomic E-state index is 0.632. The Morgan fingerprint density at radius 1 is 0.957 bits per heavy atom. The molecule has 0 amide bonds. The summed E-state index contributed by atoms with van der Waals surface area (Å²) in [5.74, 6) is 8.11. The van der Waals surface area contributed by atoms with E-state index < -0.39 is 0 Å². The predicted octanol–water partition coefficient (Wildman–Crippen LogP) is -0.312. The first-order valence-corrected chi connectivity index (χ1v) is 7.88. The Hall–Kier alpha value is -2.10. The lowest BCUT2D eigenvalue weighted by molar-refractivity contribution is 0.122. The molecule has 9 heteroatoms. The van der Waals surface area contributed by atoms with Crippen LogP contribution in [0.25, 0.3) is 5.65 Å². The zero-order valence-corrected chi connectivity index (χ0v) is 12.9. The van der Waals surface area contributed by atoms with Gasteiger partial charge in [0.1, 0.15) is 11.6 Å². The molecule has 2 aromatic heterocycles. The maximum atomic E-state index is 5.58. The highest BCUT2D eigenvalue weighted by atomic mass is 16.5. The number of hydrazine groups is 1. The van der Waals surface area contributed by atoms with Crippen LogP contribution >= 0.6 is 0 Å². The van der Waals surface area contributed by atoms with E-state index in [1.54, 1.807) is 0 Å². The number of rotatable bonds is 3. The molecule has 2 aliphatic heterocycles. The molecule has 0 bridgehead atoms. The summed E-state index contributed by atoms with van der Waals surface area (Å²) in [7, 11) is 0. The second-order valence-corrected chi connectivity index (χ2v) is 5.62. The zero-order chi connectivity index (χ0) is 15.6. The quantitative estimate of drug-likeness (QED) is 0.588. The summed E-state index contributed by atoms with van der Waals surface area (Å²) in [5, 5.41) is 4.76. The van der Waals surface area contributed by atoms with Gasteiger partial charge in [0.05, 0.1) is 26.4 Å². The van der Waals surface area contributed by atoms with Crippen molar-refractivity contribution in [1.29, 1.82) is 0 Å². The van der Waals surface area contributed by atoms with Crippen molar-refractivity contribution >= 4 is 23.1 Å². The molecule has 4 rings (SSSR count). The van der Waals surface area contributed by atoms with Gasteiger partial charge in [0.25, 0.3) is 0 Å². The Morgan fingerprint density at radius 3 is 2.26 bits per heavy atom. The van der Waals surface area contributed by atoms with E-state index in [1.165, 1.54) is 0 Å². The van der Waals surface area contributed by atoms with E-state index in [4.69, 9.17) is 20.4 Å². The van der Waals surface area contributed by atoms with Crippen LogP contribution in [0.5, 0.6) is 0 Å². The molecule has 0 aromatic carbocycles. The topological polar surface area (TPSA) is 93.2 Å². The van der Waals surface area contributed by atoms with Gasteiger partial charge in [-0.3, -0.25) is 0 Å². The second-order valence-electron chi connectivity index (χ2n) is 5.62. The Morgan fingerprint density at radius 2 is 1.61 bits per heavy atom. The number of fused-ring (bicyclic) bond motifs is 1. The smallest absolute Gasteiger partial charge is 0.161 e. The largest absolute Gasteiger partial charge is 0.378 e. The van der Waals surface area contributed by atoms with E-state index in [-0.39, 0.29) is 0 Å². The van der Waals surface area contributed by atoms with Crippen LogP contribution in [0.4, 0.5) is 17.5 Å². The van der Waals surface area contributed by atoms with Crippen LogP contribution in [0.2, 0.25) is 0 Å². The average molecular weight is 319 g/mol. The molecule has 0 radical (unpaired) electrons. The number of hydrogen-bond acceptors (Lipinski definition) is 8. The monoisotopic (exact) mass is 319 g/mol. The summed E-state index contributed by atoms with van der Waals surface area (Å²) >= 11 is 0. The van der Waals surface area contributed by atoms with Gasteiger partial charge >= 0.3 is 0 Å². The number of ether oxygens (including phenoxy) is 2. The van der Waals surface area contributed by atoms with Crippen molar-refractivity contribution in [3.8, 4) is 0 Å². The van der Waals surface area contributed by atoms with Gasteiger partial charge in [-0.2, -0.15) is 4.52 Å². The van der Waals surface area contributed by atoms with Crippen LogP contribution in [0, 0.1) is 0 Å². The molecule has 124 valence electrons. The highest BCUT2D eigenvalue weighted by Gasteiger charge is 2.20. The Balaban J connectivity index is 1.75. The van der Waals surface area contributed by atoms with Gasteiger partial charge in [-0.15, -0.1) is 5.10 Å². The van der Waals surface area contributed by atoms with E-state index in [2.05, 4.69) is 20.2 Å². The maximum Gasteiger partial charge on any atom is 0.161 e. The van der Waals surface area contributed by atoms with E-state index in [1.807, 2.05) is 16.6 Å². The molecule has 4 heterocycles. The predicted molar refractivity (Wildman–Crippen MR) is 86.9 cm³/mol. The molecular formula is C14H21N7O2. The van der Waals surface area contributed by atoms with Crippen molar-refractivity contribution in [2.24, 2.45) is 5.84 Å². The molecule has 2 aliphatic rings. The third kappa shape index (κ3) is 2.78. The molecule has 9 nitrogen and oxygen atoms in total. The fourth-order valence-corrected chi connectivity index (χ4v) is 2.99. The average Bonchev–Trinajstić information content (AvgIpc) is 3.06. The number of nitrogen functional groups attached to an aromatic ring is 1. The first-order valence-electron chi connectivity index (χ1n) is 7.88. The number of nitrogens with two attached hydrogens (primary N) is 1. The van der Waals surface area contributed by atoms with Crippen molar-refractivity contribution in [1.82, 2.24) is 14.6 Å². The number of anilines is 3. The fourth-order valence-electron chi connectivity index (χ4n) is 2.99. The molecule has 2 saturated heterocycles. The molecule has 23 heavy (non-hydrogen) atoms. The first-order chi connectivity index (χ1) is 11.3. The number of nitrogens with one attached hydrogen (secondary N) is 1. The summed E-state index contributed by atoms with van der Waals surface area (Å²) < 4.78 is 12.7. The van der Waals surface area contributed by atoms with Crippen molar-refractivity contribution in [3.05, 3.63) is 12.1 Å². The normalized spacial score (nSPS) is 19.3. The summed E-state index contributed by atoms with van der Waals surface area (Å²) in [5.41, 5.74) is 3.42. The summed E-state index contributed by atoms with van der Waals surface area (Å²) in [6, 6.07) is 3.92. The first kappa shape index (κ1) is 14.5. The van der Waals surface area contributed by atoms with Crippen LogP contribution in [-0.2, 0) is 9.47 Å². The minimum absolute atomic E-state index is 0.632. The van der Waals surface area contributed by atoms with Crippen LogP contribution in [-0.4, -0.2) is 67.2 Å². The van der Waals surface area contributed by atoms with Gasteiger partial charge in [0, 0.05) is 38.3 Å². The van der Waals surface area contributed by atoms with Gasteiger partial charge in [0.2, 0.25) is 0 Å². The zero-order valence-electron chi connectivity index (χ0n) is 12.9. The van der Waals surface area contributed by atoms with Crippen LogP contribution in [0.1, 0.15) is 0 Å². The molecule has 0 aliphatic carbocycles. The molecule has 0 saturated carbocycles. The molecule has 0 atom stereocenters. The van der Waals surface area contributed by atoms with Crippen LogP contribution < -0.4 is 21.1 Å². The van der Waals surface area contributed by atoms with Gasteiger partial charge in [-0.1, -0.05) is 0 Å². The van der Waals surface area contributed by atoms with Crippen molar-refractivity contribution in [2.45, 2.75) is 0 Å². The van der Waals surface area contributed by atoms with Crippen molar-refractivity contribution in [3.63, 3.8) is 0 Å². The Labute approximate surface area is 133 Å². The summed E-state index contributed by atoms with van der Waals surface area (Å²) in [4.78, 5) is 8.98. The molecule has 2 fully saturated rings. The lowest BCUT2D eigenvalue weighted by Gasteiger charge is -2.29. The second kappa shape index (κ2) is 6.19. The molecule has 0 unspecified atom stereocenters. The number of hydrogen-bond donors (Lipinski definition) is 2. The Kier molecular flexibility index (Phi) is 3.90. The Bertz CT molecular complexity index is 677. The van der Waals surface area contributed by atoms with Crippen LogP contribution in [0.15, 0.2) is 12.1 Å².